The lowest BCUT2D eigenvalue weighted by molar-refractivity contribution is -0.132. The number of amides is 1. The van der Waals surface area contributed by atoms with Crippen molar-refractivity contribution in [2.24, 2.45) is 0 Å². The van der Waals surface area contributed by atoms with E-state index in [1.807, 2.05) is 19.1 Å². The third-order valence-corrected chi connectivity index (χ3v) is 9.55. The third kappa shape index (κ3) is 6.82. The Kier molecular flexibility index (Phi) is 10.5. The van der Waals surface area contributed by atoms with Crippen LogP contribution in [0.2, 0.25) is 0 Å². The normalized spacial score (nSPS) is 15.7. The summed E-state index contributed by atoms with van der Waals surface area (Å²) in [6.07, 6.45) is 1.92. The van der Waals surface area contributed by atoms with E-state index in [9.17, 15) is 14.7 Å². The zero-order chi connectivity index (χ0) is 32.8. The summed E-state index contributed by atoms with van der Waals surface area (Å²) in [6, 6.07) is 17.2. The van der Waals surface area contributed by atoms with Gasteiger partial charge in [0.25, 0.3) is 5.78 Å². The molecule has 0 spiro atoms. The topological polar surface area (TPSA) is 120 Å². The van der Waals surface area contributed by atoms with Gasteiger partial charge in [0, 0.05) is 11.3 Å². The molecular weight excluding hydrogens is 627 g/mol. The highest BCUT2D eigenvalue weighted by molar-refractivity contribution is 8.00. The van der Waals surface area contributed by atoms with Crippen LogP contribution in [0.5, 0.6) is 23.0 Å². The molecule has 1 aromatic heterocycles. The van der Waals surface area contributed by atoms with Crippen LogP contribution in [0.25, 0.3) is 5.76 Å². The highest BCUT2D eigenvalue weighted by Gasteiger charge is 2.49. The molecule has 10 nitrogen and oxygen atoms in total. The van der Waals surface area contributed by atoms with Gasteiger partial charge < -0.3 is 24.1 Å². The maximum absolute atomic E-state index is 13.7. The van der Waals surface area contributed by atoms with E-state index < -0.39 is 17.7 Å². The van der Waals surface area contributed by atoms with E-state index in [0.717, 1.165) is 18.4 Å². The van der Waals surface area contributed by atoms with Crippen LogP contribution in [0.3, 0.4) is 0 Å². The fraction of sp³-hybridized carbons (Fsp3) is 0.294. The Labute approximate surface area is 276 Å². The number of methoxy groups -OCH3 is 3. The van der Waals surface area contributed by atoms with Crippen LogP contribution in [0.4, 0.5) is 5.13 Å². The summed E-state index contributed by atoms with van der Waals surface area (Å²) in [4.78, 5) is 28.7. The number of aromatic nitrogens is 2. The third-order valence-electron chi connectivity index (χ3n) is 7.43. The molecule has 0 radical (unpaired) electrons. The molecule has 1 N–H and O–H groups in total. The summed E-state index contributed by atoms with van der Waals surface area (Å²) in [5.41, 5.74) is 2.98. The molecule has 1 fully saturated rings. The Morgan fingerprint density at radius 2 is 1.63 bits per heavy atom. The quantitative estimate of drug-likeness (QED) is 0.0402. The highest BCUT2D eigenvalue weighted by Crippen LogP contribution is 2.48. The lowest BCUT2D eigenvalue weighted by atomic mass is 9.94. The Balaban J connectivity index is 1.57. The number of aryl methyl sites for hydroxylation is 1. The van der Waals surface area contributed by atoms with E-state index in [4.69, 9.17) is 18.9 Å². The summed E-state index contributed by atoms with van der Waals surface area (Å²) in [5, 5.41) is 20.4. The molecule has 46 heavy (non-hydrogen) atoms. The monoisotopic (exact) mass is 661 g/mol. The first-order valence-corrected chi connectivity index (χ1v) is 16.5. The number of ether oxygens (including phenoxy) is 4. The van der Waals surface area contributed by atoms with Gasteiger partial charge in [-0.1, -0.05) is 66.3 Å². The molecule has 3 aromatic carbocycles. The van der Waals surface area contributed by atoms with Crippen LogP contribution in [-0.2, 0) is 15.3 Å². The van der Waals surface area contributed by atoms with Gasteiger partial charge in [-0.25, -0.2) is 0 Å². The van der Waals surface area contributed by atoms with E-state index in [-0.39, 0.29) is 16.5 Å². The number of aliphatic hydroxyl groups excluding tert-OH is 1. The summed E-state index contributed by atoms with van der Waals surface area (Å²) >= 11 is 2.67. The molecule has 1 aliphatic rings. The molecule has 12 heteroatoms. The Bertz CT molecular complexity index is 1710. The van der Waals surface area contributed by atoms with Gasteiger partial charge in [-0.05, 0) is 60.9 Å². The fourth-order valence-electron chi connectivity index (χ4n) is 4.99. The predicted molar refractivity (Wildman–Crippen MR) is 178 cm³/mol. The van der Waals surface area contributed by atoms with Crippen LogP contribution in [0.15, 0.2) is 70.6 Å². The number of aliphatic hydroxyl groups is 1. The molecule has 5 rings (SSSR count). The largest absolute Gasteiger partial charge is 0.507 e. The van der Waals surface area contributed by atoms with Gasteiger partial charge in [0.15, 0.2) is 15.8 Å². The van der Waals surface area contributed by atoms with Crippen LogP contribution in [0.1, 0.15) is 48.1 Å². The number of ketones is 1. The number of benzene rings is 3. The van der Waals surface area contributed by atoms with E-state index in [0.29, 0.717) is 50.8 Å². The van der Waals surface area contributed by atoms with Crippen molar-refractivity contribution in [1.29, 1.82) is 0 Å². The molecule has 0 bridgehead atoms. The average Bonchev–Trinajstić information content (AvgIpc) is 3.65. The number of nitrogens with zero attached hydrogens (tertiary/aromatic N) is 3. The summed E-state index contributed by atoms with van der Waals surface area (Å²) in [7, 11) is 4.44. The molecule has 1 unspecified atom stereocenters. The lowest BCUT2D eigenvalue weighted by Gasteiger charge is -2.24. The van der Waals surface area contributed by atoms with E-state index >= 15 is 0 Å². The molecule has 1 amide bonds. The molecule has 0 saturated carbocycles. The Morgan fingerprint density at radius 1 is 0.957 bits per heavy atom. The van der Waals surface area contributed by atoms with Crippen LogP contribution in [0, 0.1) is 6.92 Å². The second kappa shape index (κ2) is 14.7. The van der Waals surface area contributed by atoms with Crippen molar-refractivity contribution in [3.8, 4) is 23.0 Å². The smallest absolute Gasteiger partial charge is 0.301 e. The SMILES string of the molecule is CCCCOc1ccc(/C(O)=C2/C(=O)C(=O)N(c3nnc(SCc4ccc(C)cc4)s3)C2c2cc(OC)c(OC)c(OC)c2)cc1. The molecule has 2 heterocycles. The second-order valence-corrected chi connectivity index (χ2v) is 12.7. The minimum absolute atomic E-state index is 0.108. The first-order valence-electron chi connectivity index (χ1n) is 14.7. The Hall–Kier alpha value is -4.55. The van der Waals surface area contributed by atoms with Gasteiger partial charge in [0.2, 0.25) is 10.9 Å². The average molecular weight is 662 g/mol. The minimum Gasteiger partial charge on any atom is -0.507 e. The van der Waals surface area contributed by atoms with Gasteiger partial charge in [-0.3, -0.25) is 14.5 Å². The lowest BCUT2D eigenvalue weighted by Crippen LogP contribution is -2.29. The summed E-state index contributed by atoms with van der Waals surface area (Å²) in [5.74, 6) is 0.242. The number of unbranched alkanes of at least 4 members (excludes halogenated alkanes) is 1. The number of carbonyl (C=O) groups is 2. The number of rotatable bonds is 13. The molecule has 0 aliphatic carbocycles. The maximum atomic E-state index is 13.7. The molecule has 1 atom stereocenters. The van der Waals surface area contributed by atoms with Crippen LogP contribution in [-0.4, -0.2) is 54.9 Å². The second-order valence-electron chi connectivity index (χ2n) is 10.5. The maximum Gasteiger partial charge on any atom is 0.301 e. The number of thioether (sulfide) groups is 1. The van der Waals surface area contributed by atoms with E-state index in [1.165, 1.54) is 54.9 Å². The van der Waals surface area contributed by atoms with Gasteiger partial charge in [0.05, 0.1) is 39.6 Å². The van der Waals surface area contributed by atoms with Crippen molar-refractivity contribution < 1.29 is 33.6 Å². The number of carbonyl (C=O) groups excluding carboxylic acids is 2. The van der Waals surface area contributed by atoms with Gasteiger partial charge >= 0.3 is 5.91 Å². The molecule has 4 aromatic rings. The molecule has 240 valence electrons. The van der Waals surface area contributed by atoms with Gasteiger partial charge in [0.1, 0.15) is 11.5 Å². The minimum atomic E-state index is -1.07. The first kappa shape index (κ1) is 32.8. The molecule has 1 saturated heterocycles. The molecular formula is C34H35N3O7S2. The molecule has 1 aliphatic heterocycles. The van der Waals surface area contributed by atoms with Crippen molar-refractivity contribution in [2.75, 3.05) is 32.8 Å². The number of anilines is 1. The first-order chi connectivity index (χ1) is 22.3. The van der Waals surface area contributed by atoms with Gasteiger partial charge in [-0.15, -0.1) is 10.2 Å². The van der Waals surface area contributed by atoms with Crippen molar-refractivity contribution in [2.45, 2.75) is 42.8 Å². The number of hydrogen-bond donors (Lipinski definition) is 1. The number of Topliss-reactive ketones (excluding diaryl/α,β-unsaturated/α-hetero) is 1. The van der Waals surface area contributed by atoms with Crippen LogP contribution >= 0.6 is 23.1 Å². The highest BCUT2D eigenvalue weighted by atomic mass is 32.2. The van der Waals surface area contributed by atoms with E-state index in [2.05, 4.69) is 29.3 Å². The zero-order valence-corrected chi connectivity index (χ0v) is 27.9. The van der Waals surface area contributed by atoms with Crippen molar-refractivity contribution >= 4 is 45.7 Å². The predicted octanol–water partition coefficient (Wildman–Crippen LogP) is 6.97. The van der Waals surface area contributed by atoms with Crippen LogP contribution < -0.4 is 23.8 Å². The zero-order valence-electron chi connectivity index (χ0n) is 26.2. The summed E-state index contributed by atoms with van der Waals surface area (Å²) in [6.45, 7) is 4.68. The van der Waals surface area contributed by atoms with Gasteiger partial charge in [-0.2, -0.15) is 0 Å². The Morgan fingerprint density at radius 3 is 2.24 bits per heavy atom. The van der Waals surface area contributed by atoms with E-state index in [1.54, 1.807) is 36.4 Å². The van der Waals surface area contributed by atoms with Crippen molar-refractivity contribution in [3.05, 3.63) is 88.5 Å². The van der Waals surface area contributed by atoms with Crippen molar-refractivity contribution in [1.82, 2.24) is 10.2 Å². The fourth-order valence-corrected chi connectivity index (χ4v) is 6.81. The summed E-state index contributed by atoms with van der Waals surface area (Å²) < 4.78 is 23.0. The van der Waals surface area contributed by atoms with Crippen molar-refractivity contribution in [3.63, 3.8) is 0 Å². The number of hydrogen-bond acceptors (Lipinski definition) is 11. The standard InChI is InChI=1S/C34H35N3O7S2/c1-6-7-16-44-24-14-12-22(13-15-24)29(38)27-28(23-17-25(41-3)31(43-5)26(18-23)42-4)37(32(40)30(27)39)33-35-36-34(46-33)45-19-21-10-8-20(2)9-11-21/h8-15,17-18,28,38H,6-7,16,19H2,1-5H3/b29-27-.